The van der Waals surface area contributed by atoms with Crippen LogP contribution in [0.15, 0.2) is 42.7 Å². The lowest BCUT2D eigenvalue weighted by atomic mass is 10.2. The van der Waals surface area contributed by atoms with Gasteiger partial charge in [0.1, 0.15) is 11.5 Å². The molecule has 3 nitrogen and oxygen atoms in total. The number of nitrogens with zero attached hydrogens (tertiary/aromatic N) is 1. The van der Waals surface area contributed by atoms with E-state index in [-0.39, 0.29) is 6.61 Å². The zero-order chi connectivity index (χ0) is 11.4. The lowest BCUT2D eigenvalue weighted by Crippen LogP contribution is -1.93. The fourth-order valence-corrected chi connectivity index (χ4v) is 1.42. The van der Waals surface area contributed by atoms with Gasteiger partial charge in [0.25, 0.3) is 0 Å². The van der Waals surface area contributed by atoms with E-state index < -0.39 is 0 Å². The van der Waals surface area contributed by atoms with Crippen molar-refractivity contribution >= 4 is 0 Å². The van der Waals surface area contributed by atoms with Crippen molar-refractivity contribution in [3.05, 3.63) is 53.9 Å². The first-order chi connectivity index (χ1) is 7.81. The molecule has 0 bridgehead atoms. The summed E-state index contributed by atoms with van der Waals surface area (Å²) in [6, 6.07) is 9.51. The molecular formula is C13H13NO2. The molecule has 0 saturated heterocycles. The maximum absolute atomic E-state index is 9.15. The fraction of sp³-hybridized carbons (Fsp3) is 0.154. The third-order valence-corrected chi connectivity index (χ3v) is 2.34. The van der Waals surface area contributed by atoms with E-state index in [1.165, 1.54) is 0 Å². The third-order valence-electron chi connectivity index (χ3n) is 2.34. The van der Waals surface area contributed by atoms with Gasteiger partial charge in [0.05, 0.1) is 6.61 Å². The Morgan fingerprint density at radius 1 is 1.19 bits per heavy atom. The lowest BCUT2D eigenvalue weighted by Gasteiger charge is -2.10. The molecule has 0 spiro atoms. The third kappa shape index (κ3) is 2.20. The molecule has 2 aromatic rings. The fourth-order valence-electron chi connectivity index (χ4n) is 1.42. The molecule has 3 heteroatoms. The summed E-state index contributed by atoms with van der Waals surface area (Å²) in [5.41, 5.74) is 1.74. The van der Waals surface area contributed by atoms with Crippen molar-refractivity contribution in [2.75, 3.05) is 0 Å². The lowest BCUT2D eigenvalue weighted by molar-refractivity contribution is 0.276. The number of aliphatic hydroxyl groups excluding tert-OH is 1. The Morgan fingerprint density at radius 3 is 2.75 bits per heavy atom. The van der Waals surface area contributed by atoms with E-state index in [2.05, 4.69) is 4.98 Å². The molecule has 0 atom stereocenters. The van der Waals surface area contributed by atoms with E-state index in [9.17, 15) is 0 Å². The number of aromatic nitrogens is 1. The van der Waals surface area contributed by atoms with Crippen LogP contribution in [-0.4, -0.2) is 10.1 Å². The van der Waals surface area contributed by atoms with E-state index in [0.717, 1.165) is 11.3 Å². The highest BCUT2D eigenvalue weighted by molar-refractivity contribution is 5.39. The molecule has 1 N–H and O–H groups in total. The molecule has 0 unspecified atom stereocenters. The van der Waals surface area contributed by atoms with E-state index in [0.29, 0.717) is 11.3 Å². The molecule has 16 heavy (non-hydrogen) atoms. The van der Waals surface area contributed by atoms with Gasteiger partial charge in [0.15, 0.2) is 0 Å². The molecule has 0 amide bonds. The topological polar surface area (TPSA) is 42.4 Å². The predicted molar refractivity (Wildman–Crippen MR) is 61.4 cm³/mol. The van der Waals surface area contributed by atoms with Crippen molar-refractivity contribution in [1.82, 2.24) is 4.98 Å². The van der Waals surface area contributed by atoms with Crippen molar-refractivity contribution in [2.24, 2.45) is 0 Å². The van der Waals surface area contributed by atoms with Crippen molar-refractivity contribution < 1.29 is 9.84 Å². The highest BCUT2D eigenvalue weighted by Gasteiger charge is 2.05. The molecule has 0 aliphatic rings. The standard InChI is InChI=1S/C13H13NO2/c1-10-4-2-3-5-12(10)16-13-6-7-14-8-11(13)9-15/h2-8,15H,9H2,1H3. The molecule has 82 valence electrons. The number of hydrogen-bond donors (Lipinski definition) is 1. The number of benzene rings is 1. The van der Waals surface area contributed by atoms with E-state index in [4.69, 9.17) is 9.84 Å². The smallest absolute Gasteiger partial charge is 0.136 e. The van der Waals surface area contributed by atoms with E-state index in [1.54, 1.807) is 18.5 Å². The Kier molecular flexibility index (Phi) is 3.17. The minimum atomic E-state index is -0.0744. The Balaban J connectivity index is 2.30. The van der Waals surface area contributed by atoms with Crippen molar-refractivity contribution in [1.29, 1.82) is 0 Å². The zero-order valence-corrected chi connectivity index (χ0v) is 9.05. The SMILES string of the molecule is Cc1ccccc1Oc1ccncc1CO. The second-order valence-electron chi connectivity index (χ2n) is 3.51. The predicted octanol–water partition coefficient (Wildman–Crippen LogP) is 2.67. The van der Waals surface area contributed by atoms with E-state index >= 15 is 0 Å². The molecule has 0 radical (unpaired) electrons. The molecule has 0 aliphatic heterocycles. The summed E-state index contributed by atoms with van der Waals surface area (Å²) in [4.78, 5) is 3.94. The van der Waals surface area contributed by atoms with Gasteiger partial charge in [-0.2, -0.15) is 0 Å². The number of hydrogen-bond acceptors (Lipinski definition) is 3. The van der Waals surface area contributed by atoms with Gasteiger partial charge in [-0.3, -0.25) is 4.98 Å². The van der Waals surface area contributed by atoms with Gasteiger partial charge in [-0.1, -0.05) is 18.2 Å². The quantitative estimate of drug-likeness (QED) is 0.855. The number of rotatable bonds is 3. The Hall–Kier alpha value is -1.87. The number of ether oxygens (including phenoxy) is 1. The molecule has 1 aromatic carbocycles. The normalized spacial score (nSPS) is 10.1. The maximum atomic E-state index is 9.15. The zero-order valence-electron chi connectivity index (χ0n) is 9.05. The first-order valence-electron chi connectivity index (χ1n) is 5.08. The maximum Gasteiger partial charge on any atom is 0.136 e. The Bertz CT molecular complexity index is 483. The number of aryl methyl sites for hydroxylation is 1. The van der Waals surface area contributed by atoms with E-state index in [1.807, 2.05) is 31.2 Å². The summed E-state index contributed by atoms with van der Waals surface area (Å²) in [6.45, 7) is 1.91. The monoisotopic (exact) mass is 215 g/mol. The number of pyridine rings is 1. The molecule has 0 aliphatic carbocycles. The van der Waals surface area contributed by atoms with Crippen LogP contribution in [0.2, 0.25) is 0 Å². The first kappa shape index (κ1) is 10.6. The van der Waals surface area contributed by atoms with Crippen LogP contribution in [0.4, 0.5) is 0 Å². The van der Waals surface area contributed by atoms with Crippen molar-refractivity contribution in [3.8, 4) is 11.5 Å². The van der Waals surface area contributed by atoms with Crippen LogP contribution in [0.25, 0.3) is 0 Å². The summed E-state index contributed by atoms with van der Waals surface area (Å²) in [5, 5.41) is 9.15. The summed E-state index contributed by atoms with van der Waals surface area (Å²) in [6.07, 6.45) is 3.25. The molecule has 2 rings (SSSR count). The first-order valence-corrected chi connectivity index (χ1v) is 5.08. The number of para-hydroxylation sites is 1. The molecular weight excluding hydrogens is 202 g/mol. The summed E-state index contributed by atoms with van der Waals surface area (Å²) in [5.74, 6) is 1.44. The highest BCUT2D eigenvalue weighted by atomic mass is 16.5. The van der Waals surface area contributed by atoms with Gasteiger partial charge < -0.3 is 9.84 Å². The molecule has 0 fully saturated rings. The summed E-state index contributed by atoms with van der Waals surface area (Å²) >= 11 is 0. The molecule has 1 aromatic heterocycles. The Labute approximate surface area is 94.3 Å². The van der Waals surface area contributed by atoms with Crippen molar-refractivity contribution in [2.45, 2.75) is 13.5 Å². The average molecular weight is 215 g/mol. The van der Waals surface area contributed by atoms with Gasteiger partial charge >= 0.3 is 0 Å². The second kappa shape index (κ2) is 4.77. The number of aliphatic hydroxyl groups is 1. The molecule has 1 heterocycles. The van der Waals surface area contributed by atoms with Gasteiger partial charge in [-0.25, -0.2) is 0 Å². The van der Waals surface area contributed by atoms with Gasteiger partial charge in [-0.15, -0.1) is 0 Å². The van der Waals surface area contributed by atoms with Crippen LogP contribution in [0.5, 0.6) is 11.5 Å². The molecule has 0 saturated carbocycles. The van der Waals surface area contributed by atoms with Gasteiger partial charge in [0.2, 0.25) is 0 Å². The summed E-state index contributed by atoms with van der Waals surface area (Å²) in [7, 11) is 0. The van der Waals surface area contributed by atoms with Gasteiger partial charge in [0, 0.05) is 18.0 Å². The van der Waals surface area contributed by atoms with Crippen molar-refractivity contribution in [3.63, 3.8) is 0 Å². The van der Waals surface area contributed by atoms with Gasteiger partial charge in [-0.05, 0) is 24.6 Å². The second-order valence-corrected chi connectivity index (χ2v) is 3.51. The Morgan fingerprint density at radius 2 is 2.00 bits per heavy atom. The van der Waals surface area contributed by atoms with Crippen LogP contribution in [0.1, 0.15) is 11.1 Å². The summed E-state index contributed by atoms with van der Waals surface area (Å²) < 4.78 is 5.73. The minimum Gasteiger partial charge on any atom is -0.457 e. The van der Waals surface area contributed by atoms with Crippen LogP contribution in [-0.2, 0) is 6.61 Å². The van der Waals surface area contributed by atoms with Crippen LogP contribution in [0.3, 0.4) is 0 Å². The van der Waals surface area contributed by atoms with Crippen LogP contribution >= 0.6 is 0 Å². The van der Waals surface area contributed by atoms with Crippen LogP contribution < -0.4 is 4.74 Å². The minimum absolute atomic E-state index is 0.0744. The largest absolute Gasteiger partial charge is 0.457 e. The highest BCUT2D eigenvalue weighted by Crippen LogP contribution is 2.26. The average Bonchev–Trinajstić information content (AvgIpc) is 2.33. The van der Waals surface area contributed by atoms with Crippen LogP contribution in [0, 0.1) is 6.92 Å².